The van der Waals surface area contributed by atoms with Crippen molar-refractivity contribution in [3.63, 3.8) is 0 Å². The molecule has 2 aliphatic rings. The molecule has 0 bridgehead atoms. The van der Waals surface area contributed by atoms with Crippen molar-refractivity contribution in [1.29, 1.82) is 0 Å². The second-order valence-electron chi connectivity index (χ2n) is 8.53. The van der Waals surface area contributed by atoms with E-state index in [9.17, 15) is 40.7 Å². The molecule has 1 aromatic heterocycles. The molecule has 36 heavy (non-hydrogen) atoms. The highest BCUT2D eigenvalue weighted by Gasteiger charge is 2.45. The largest absolute Gasteiger partial charge is 0.416 e. The van der Waals surface area contributed by atoms with Gasteiger partial charge in [-0.25, -0.2) is 4.79 Å². The van der Waals surface area contributed by atoms with E-state index in [0.717, 1.165) is 11.6 Å². The minimum atomic E-state index is -5.14. The maximum Gasteiger partial charge on any atom is 0.416 e. The van der Waals surface area contributed by atoms with Crippen molar-refractivity contribution in [3.05, 3.63) is 102 Å². The second-order valence-corrected chi connectivity index (χ2v) is 8.53. The number of Topliss-reactive ketones (excluding diaryl/α,β-unsaturated/α-hetero) is 1. The number of anilines is 1. The number of benzene rings is 2. The van der Waals surface area contributed by atoms with Gasteiger partial charge >= 0.3 is 18.0 Å². The van der Waals surface area contributed by atoms with Crippen LogP contribution in [0.15, 0.2) is 57.6 Å². The molecule has 1 unspecified atom stereocenters. The third-order valence-electron chi connectivity index (χ3n) is 6.42. The van der Waals surface area contributed by atoms with E-state index in [1.165, 1.54) is 13.1 Å². The molecule has 3 aromatic rings. The number of ketones is 1. The molecule has 2 aromatic carbocycles. The first-order valence-electron chi connectivity index (χ1n) is 10.5. The van der Waals surface area contributed by atoms with Gasteiger partial charge in [0.1, 0.15) is 5.82 Å². The fraction of sp³-hybridized carbons (Fsp3) is 0.208. The number of hydrogen-bond acceptors (Lipinski definition) is 4. The summed E-state index contributed by atoms with van der Waals surface area (Å²) < 4.78 is 83.6. The van der Waals surface area contributed by atoms with Crippen LogP contribution in [0.2, 0.25) is 0 Å². The average Bonchev–Trinajstić information content (AvgIpc) is 3.10. The Bertz CT molecular complexity index is 1590. The maximum absolute atomic E-state index is 13.6. The predicted molar refractivity (Wildman–Crippen MR) is 117 cm³/mol. The molecule has 186 valence electrons. The fourth-order valence-electron chi connectivity index (χ4n) is 4.74. The maximum atomic E-state index is 13.6. The molecule has 0 fully saturated rings. The van der Waals surface area contributed by atoms with Gasteiger partial charge < -0.3 is 5.32 Å². The summed E-state index contributed by atoms with van der Waals surface area (Å²) in [7, 11) is 2.43. The van der Waals surface area contributed by atoms with Gasteiger partial charge in [0.2, 0.25) is 0 Å². The number of fused-ring (bicyclic) bond motifs is 3. The van der Waals surface area contributed by atoms with Crippen molar-refractivity contribution in [3.8, 4) is 0 Å². The highest BCUT2D eigenvalue weighted by Crippen LogP contribution is 2.49. The molecule has 0 radical (unpaired) electrons. The van der Waals surface area contributed by atoms with Crippen LogP contribution in [0.25, 0.3) is 5.70 Å². The molecular formula is C24H15F6N3O3. The molecule has 1 aliphatic carbocycles. The average molecular weight is 507 g/mol. The standard InChI is InChI=1S/C24H15F6N3O3/c1-32-20-17(21(35)33(2)22(32)36)15(16-18(31-20)13-5-3-4-6-14(13)19(16)34)10-7-11(23(25,26)27)9-12(8-10)24(28,29)30/h3-9,15,31H,1-2H3. The van der Waals surface area contributed by atoms with Crippen molar-refractivity contribution >= 4 is 17.3 Å². The first kappa shape index (κ1) is 23.6. The van der Waals surface area contributed by atoms with Gasteiger partial charge in [-0.1, -0.05) is 24.3 Å². The molecule has 1 atom stereocenters. The summed E-state index contributed by atoms with van der Waals surface area (Å²) in [6.07, 6.45) is -10.3. The molecule has 2 heterocycles. The van der Waals surface area contributed by atoms with Crippen LogP contribution < -0.4 is 16.6 Å². The molecule has 12 heteroatoms. The first-order chi connectivity index (χ1) is 16.7. The summed E-state index contributed by atoms with van der Waals surface area (Å²) in [5.41, 5.74) is -5.30. The van der Waals surface area contributed by atoms with Crippen LogP contribution in [0.4, 0.5) is 32.2 Å². The van der Waals surface area contributed by atoms with Gasteiger partial charge in [-0.3, -0.25) is 18.7 Å². The Morgan fingerprint density at radius 2 is 1.36 bits per heavy atom. The number of nitrogens with one attached hydrogen (secondary N) is 1. The number of hydrogen-bond donors (Lipinski definition) is 1. The van der Waals surface area contributed by atoms with Gasteiger partial charge in [0, 0.05) is 36.7 Å². The van der Waals surface area contributed by atoms with E-state index >= 15 is 0 Å². The number of halogens is 6. The lowest BCUT2D eigenvalue weighted by molar-refractivity contribution is -0.143. The minimum absolute atomic E-state index is 0.0230. The van der Waals surface area contributed by atoms with Gasteiger partial charge in [0.25, 0.3) is 5.56 Å². The molecule has 0 saturated heterocycles. The zero-order valence-corrected chi connectivity index (χ0v) is 18.5. The fourth-order valence-corrected chi connectivity index (χ4v) is 4.74. The number of carbonyl (C=O) groups is 1. The summed E-state index contributed by atoms with van der Waals surface area (Å²) in [6, 6.07) is 7.15. The molecule has 1 N–H and O–H groups in total. The van der Waals surface area contributed by atoms with Gasteiger partial charge in [-0.2, -0.15) is 26.3 Å². The van der Waals surface area contributed by atoms with Crippen LogP contribution in [0, 0.1) is 0 Å². The Labute approximate surface area is 198 Å². The Kier molecular flexibility index (Phi) is 4.89. The van der Waals surface area contributed by atoms with Gasteiger partial charge in [0.15, 0.2) is 5.78 Å². The van der Waals surface area contributed by atoms with Crippen molar-refractivity contribution in [2.45, 2.75) is 18.3 Å². The summed E-state index contributed by atoms with van der Waals surface area (Å²) >= 11 is 0. The van der Waals surface area contributed by atoms with Crippen LogP contribution in [-0.4, -0.2) is 14.9 Å². The number of nitrogens with zero attached hydrogens (tertiary/aromatic N) is 2. The van der Waals surface area contributed by atoms with E-state index < -0.39 is 52.0 Å². The van der Waals surface area contributed by atoms with Crippen LogP contribution in [0.5, 0.6) is 0 Å². The molecule has 0 spiro atoms. The number of aromatic nitrogens is 2. The zero-order chi connectivity index (χ0) is 26.3. The van der Waals surface area contributed by atoms with E-state index in [0.29, 0.717) is 22.3 Å². The van der Waals surface area contributed by atoms with Gasteiger partial charge in [-0.05, 0) is 23.8 Å². The monoisotopic (exact) mass is 507 g/mol. The van der Waals surface area contributed by atoms with E-state index in [-0.39, 0.29) is 34.3 Å². The predicted octanol–water partition coefficient (Wildman–Crippen LogP) is 4.29. The topological polar surface area (TPSA) is 73.1 Å². The Balaban J connectivity index is 1.91. The van der Waals surface area contributed by atoms with Crippen molar-refractivity contribution in [2.75, 3.05) is 5.32 Å². The first-order valence-corrected chi connectivity index (χ1v) is 10.5. The number of rotatable bonds is 1. The third-order valence-corrected chi connectivity index (χ3v) is 6.42. The lowest BCUT2D eigenvalue weighted by atomic mass is 9.80. The van der Waals surface area contributed by atoms with E-state index in [1.54, 1.807) is 18.2 Å². The minimum Gasteiger partial charge on any atom is -0.340 e. The summed E-state index contributed by atoms with van der Waals surface area (Å²) in [5, 5.41) is 2.88. The van der Waals surface area contributed by atoms with Crippen molar-refractivity contribution < 1.29 is 31.1 Å². The smallest absolute Gasteiger partial charge is 0.340 e. The molecule has 0 saturated carbocycles. The molecular weight excluding hydrogens is 492 g/mol. The highest BCUT2D eigenvalue weighted by molar-refractivity contribution is 6.23. The van der Waals surface area contributed by atoms with Crippen LogP contribution in [0.1, 0.15) is 44.1 Å². The third kappa shape index (κ3) is 3.31. The SMILES string of the molecule is Cn1c2c(c(=O)n(C)c1=O)C(c1cc(C(F)(F)F)cc(C(F)(F)F)c1)C1=C(N2)c2ccccc2C1=O. The van der Waals surface area contributed by atoms with Gasteiger partial charge in [-0.15, -0.1) is 0 Å². The normalized spacial score (nSPS) is 17.0. The Morgan fingerprint density at radius 3 is 1.92 bits per heavy atom. The summed E-state index contributed by atoms with van der Waals surface area (Å²) in [5.74, 6) is -2.38. The highest BCUT2D eigenvalue weighted by atomic mass is 19.4. The molecule has 6 nitrogen and oxygen atoms in total. The number of carbonyl (C=O) groups excluding carboxylic acids is 1. The van der Waals surface area contributed by atoms with Crippen molar-refractivity contribution in [2.24, 2.45) is 14.1 Å². The molecule has 5 rings (SSSR count). The molecule has 1 aliphatic heterocycles. The second kappa shape index (κ2) is 7.45. The number of allylic oxidation sites excluding steroid dienone is 1. The Hall–Kier alpha value is -4.09. The van der Waals surface area contributed by atoms with E-state index in [2.05, 4.69) is 5.32 Å². The quantitative estimate of drug-likeness (QED) is 0.499. The lowest BCUT2D eigenvalue weighted by Crippen LogP contribution is -2.42. The van der Waals surface area contributed by atoms with Crippen LogP contribution in [-0.2, 0) is 26.4 Å². The van der Waals surface area contributed by atoms with Crippen molar-refractivity contribution in [1.82, 2.24) is 9.13 Å². The molecule has 0 amide bonds. The summed E-state index contributed by atoms with van der Waals surface area (Å²) in [4.78, 5) is 39.2. The zero-order valence-electron chi connectivity index (χ0n) is 18.5. The summed E-state index contributed by atoms with van der Waals surface area (Å²) in [6.45, 7) is 0. The lowest BCUT2D eigenvalue weighted by Gasteiger charge is -2.30. The van der Waals surface area contributed by atoms with E-state index in [4.69, 9.17) is 0 Å². The van der Waals surface area contributed by atoms with Crippen LogP contribution >= 0.6 is 0 Å². The Morgan fingerprint density at radius 1 is 0.806 bits per heavy atom. The van der Waals surface area contributed by atoms with Gasteiger partial charge in [0.05, 0.1) is 22.4 Å². The van der Waals surface area contributed by atoms with Crippen LogP contribution in [0.3, 0.4) is 0 Å². The number of alkyl halides is 6. The van der Waals surface area contributed by atoms with E-state index in [1.807, 2.05) is 0 Å².